The maximum Gasteiger partial charge on any atom is 0.228 e. The third kappa shape index (κ3) is 2.02. The van der Waals surface area contributed by atoms with Gasteiger partial charge in [0.1, 0.15) is 0 Å². The molecule has 3 aliphatic rings. The predicted molar refractivity (Wildman–Crippen MR) is 85.1 cm³/mol. The topological polar surface area (TPSA) is 29.5 Å². The van der Waals surface area contributed by atoms with Gasteiger partial charge in [-0.05, 0) is 25.7 Å². The minimum atomic E-state index is -0.188. The number of fused-ring (bicyclic) bond motifs is 3. The Morgan fingerprint density at radius 3 is 2.59 bits per heavy atom. The number of nitrogens with zero attached hydrogens (tertiary/aromatic N) is 1. The molecule has 1 aromatic carbocycles. The lowest BCUT2D eigenvalue weighted by Crippen LogP contribution is -2.44. The number of rotatable bonds is 1. The van der Waals surface area contributed by atoms with Gasteiger partial charge in [0.2, 0.25) is 5.91 Å². The molecule has 4 atom stereocenters. The van der Waals surface area contributed by atoms with Crippen LogP contribution in [0.4, 0.5) is 0 Å². The van der Waals surface area contributed by atoms with Crippen molar-refractivity contribution < 1.29 is 9.53 Å². The van der Waals surface area contributed by atoms with E-state index in [4.69, 9.17) is 4.74 Å². The molecule has 1 amide bonds. The lowest BCUT2D eigenvalue weighted by atomic mass is 9.75. The average molecular weight is 299 g/mol. The average Bonchev–Trinajstić information content (AvgIpc) is 2.94. The zero-order valence-corrected chi connectivity index (χ0v) is 13.3. The Morgan fingerprint density at radius 1 is 1.09 bits per heavy atom. The fourth-order valence-electron chi connectivity index (χ4n) is 4.88. The Hall–Kier alpha value is -1.35. The summed E-state index contributed by atoms with van der Waals surface area (Å²) >= 11 is 0. The molecule has 22 heavy (non-hydrogen) atoms. The number of carbonyl (C=O) groups is 1. The summed E-state index contributed by atoms with van der Waals surface area (Å²) in [5, 5.41) is 0. The molecule has 0 spiro atoms. The third-order valence-electron chi connectivity index (χ3n) is 6.02. The lowest BCUT2D eigenvalue weighted by Gasteiger charge is -2.34. The summed E-state index contributed by atoms with van der Waals surface area (Å²) in [5.41, 5.74) is 0.994. The molecule has 0 aromatic heterocycles. The van der Waals surface area contributed by atoms with Crippen molar-refractivity contribution in [3.63, 3.8) is 0 Å². The minimum absolute atomic E-state index is 0.112. The molecule has 1 saturated carbocycles. The highest BCUT2D eigenvalue weighted by atomic mass is 16.5. The number of hydrogen-bond donors (Lipinski definition) is 0. The molecule has 3 heteroatoms. The number of amides is 1. The van der Waals surface area contributed by atoms with Crippen molar-refractivity contribution in [1.82, 2.24) is 4.90 Å². The highest BCUT2D eigenvalue weighted by molar-refractivity contribution is 5.83. The molecule has 1 aromatic rings. The van der Waals surface area contributed by atoms with Gasteiger partial charge in [-0.2, -0.15) is 0 Å². The Morgan fingerprint density at radius 2 is 1.82 bits per heavy atom. The van der Waals surface area contributed by atoms with Crippen molar-refractivity contribution in [2.75, 3.05) is 6.61 Å². The molecular weight excluding hydrogens is 274 g/mol. The first-order chi connectivity index (χ1) is 10.7. The molecular formula is C19H25NO2. The minimum Gasteiger partial charge on any atom is -0.351 e. The highest BCUT2D eigenvalue weighted by Crippen LogP contribution is 2.53. The number of ether oxygens (including phenoxy) is 1. The Balaban J connectivity index is 1.69. The van der Waals surface area contributed by atoms with Gasteiger partial charge in [-0.1, -0.05) is 56.0 Å². The molecule has 2 heterocycles. The van der Waals surface area contributed by atoms with Crippen molar-refractivity contribution in [2.45, 2.75) is 57.2 Å². The molecule has 4 rings (SSSR count). The monoisotopic (exact) mass is 299 g/mol. The maximum absolute atomic E-state index is 13.1. The van der Waals surface area contributed by atoms with Crippen molar-refractivity contribution in [3.05, 3.63) is 35.9 Å². The van der Waals surface area contributed by atoms with Gasteiger partial charge in [-0.25, -0.2) is 0 Å². The van der Waals surface area contributed by atoms with Crippen molar-refractivity contribution in [2.24, 2.45) is 11.8 Å². The van der Waals surface area contributed by atoms with E-state index < -0.39 is 0 Å². The van der Waals surface area contributed by atoms with Crippen LogP contribution in [0.5, 0.6) is 0 Å². The number of benzene rings is 1. The van der Waals surface area contributed by atoms with Crippen molar-refractivity contribution in [3.8, 4) is 0 Å². The van der Waals surface area contributed by atoms with Gasteiger partial charge in [0.05, 0.1) is 12.1 Å². The molecule has 0 bridgehead atoms. The quantitative estimate of drug-likeness (QED) is 0.787. The Kier molecular flexibility index (Phi) is 3.48. The standard InChI is InChI=1S/C19H25NO2/c1-19-13-22-18(14-9-5-4-6-10-14)20(19)17(21)15-11-7-2-3-8-12-16(15)19/h4-6,9-10,15-16,18H,2-3,7-8,11-13H2,1H3/t15-,16?,18-,19-/m0/s1. The van der Waals surface area contributed by atoms with Crippen LogP contribution in [0.2, 0.25) is 0 Å². The van der Waals surface area contributed by atoms with Crippen LogP contribution in [0.1, 0.15) is 57.2 Å². The van der Waals surface area contributed by atoms with Crippen LogP contribution in [0.15, 0.2) is 30.3 Å². The smallest absolute Gasteiger partial charge is 0.228 e. The number of hydrogen-bond acceptors (Lipinski definition) is 2. The summed E-state index contributed by atoms with van der Waals surface area (Å²) in [6.45, 7) is 2.93. The van der Waals surface area contributed by atoms with Gasteiger partial charge in [-0.3, -0.25) is 4.79 Å². The third-order valence-corrected chi connectivity index (χ3v) is 6.02. The lowest BCUT2D eigenvalue weighted by molar-refractivity contribution is -0.138. The second-order valence-corrected chi connectivity index (χ2v) is 7.34. The summed E-state index contributed by atoms with van der Waals surface area (Å²) in [5.74, 6) is 1.02. The van der Waals surface area contributed by atoms with Crippen molar-refractivity contribution >= 4 is 5.91 Å². The van der Waals surface area contributed by atoms with E-state index in [1.165, 1.54) is 32.1 Å². The summed E-state index contributed by atoms with van der Waals surface area (Å²) in [6, 6.07) is 10.2. The molecule has 1 aliphatic carbocycles. The molecule has 0 radical (unpaired) electrons. The predicted octanol–water partition coefficient (Wildman–Crippen LogP) is 3.90. The second kappa shape index (κ2) is 5.38. The van der Waals surface area contributed by atoms with Crippen LogP contribution in [-0.4, -0.2) is 23.0 Å². The zero-order valence-electron chi connectivity index (χ0n) is 13.3. The molecule has 1 unspecified atom stereocenters. The SMILES string of the molecule is C[C@@]12CO[C@@H](c3ccccc3)N1C(=O)[C@H]1CCCCCCC12. The highest BCUT2D eigenvalue weighted by Gasteiger charge is 2.61. The maximum atomic E-state index is 13.1. The van der Waals surface area contributed by atoms with E-state index in [1.54, 1.807) is 0 Å². The molecule has 3 nitrogen and oxygen atoms in total. The first kappa shape index (κ1) is 14.3. The summed E-state index contributed by atoms with van der Waals surface area (Å²) in [4.78, 5) is 15.2. The van der Waals surface area contributed by atoms with E-state index in [-0.39, 0.29) is 17.7 Å². The normalized spacial score (nSPS) is 38.3. The van der Waals surface area contributed by atoms with E-state index in [1.807, 2.05) is 18.2 Å². The van der Waals surface area contributed by atoms with Gasteiger partial charge in [0.15, 0.2) is 6.23 Å². The van der Waals surface area contributed by atoms with Crippen LogP contribution in [-0.2, 0) is 9.53 Å². The second-order valence-electron chi connectivity index (χ2n) is 7.34. The largest absolute Gasteiger partial charge is 0.351 e. The Bertz CT molecular complexity index is 558. The van der Waals surface area contributed by atoms with Gasteiger partial charge in [0.25, 0.3) is 0 Å². The summed E-state index contributed by atoms with van der Waals surface area (Å²) < 4.78 is 6.11. The van der Waals surface area contributed by atoms with Crippen LogP contribution >= 0.6 is 0 Å². The molecule has 0 N–H and O–H groups in total. The molecule has 118 valence electrons. The fourth-order valence-corrected chi connectivity index (χ4v) is 4.88. The van der Waals surface area contributed by atoms with Crippen LogP contribution in [0.3, 0.4) is 0 Å². The molecule has 2 saturated heterocycles. The molecule has 2 aliphatic heterocycles. The van der Waals surface area contributed by atoms with Crippen LogP contribution in [0.25, 0.3) is 0 Å². The molecule has 3 fully saturated rings. The van der Waals surface area contributed by atoms with Gasteiger partial charge in [0, 0.05) is 11.5 Å². The van der Waals surface area contributed by atoms with Crippen molar-refractivity contribution in [1.29, 1.82) is 0 Å². The van der Waals surface area contributed by atoms with Crippen LogP contribution in [0, 0.1) is 11.8 Å². The van der Waals surface area contributed by atoms with E-state index in [0.29, 0.717) is 18.4 Å². The first-order valence-corrected chi connectivity index (χ1v) is 8.71. The zero-order chi connectivity index (χ0) is 15.2. The van der Waals surface area contributed by atoms with E-state index in [0.717, 1.165) is 12.0 Å². The summed E-state index contributed by atoms with van der Waals surface area (Å²) in [6.07, 6.45) is 7.11. The van der Waals surface area contributed by atoms with E-state index >= 15 is 0 Å². The van der Waals surface area contributed by atoms with Gasteiger partial charge in [-0.15, -0.1) is 0 Å². The fraction of sp³-hybridized carbons (Fsp3) is 0.632. The first-order valence-electron chi connectivity index (χ1n) is 8.71. The summed E-state index contributed by atoms with van der Waals surface area (Å²) in [7, 11) is 0. The Labute approximate surface area is 132 Å². The van der Waals surface area contributed by atoms with Gasteiger partial charge < -0.3 is 9.64 Å². The van der Waals surface area contributed by atoms with E-state index in [2.05, 4.69) is 24.0 Å². The van der Waals surface area contributed by atoms with Crippen LogP contribution < -0.4 is 0 Å². The number of carbonyl (C=O) groups excluding carboxylic acids is 1. The van der Waals surface area contributed by atoms with Gasteiger partial charge >= 0.3 is 0 Å². The van der Waals surface area contributed by atoms with E-state index in [9.17, 15) is 4.79 Å².